The van der Waals surface area contributed by atoms with Crippen LogP contribution >= 0.6 is 11.3 Å². The zero-order chi connectivity index (χ0) is 33.7. The lowest BCUT2D eigenvalue weighted by Gasteiger charge is -2.38. The molecular formula is C35H53N7O4S. The van der Waals surface area contributed by atoms with Gasteiger partial charge >= 0.3 is 0 Å². The number of β-amino-alcohol motifs (C(OH)–C–C–N with tert-alkyl or cyclic N) is 1. The number of piperazine rings is 1. The summed E-state index contributed by atoms with van der Waals surface area (Å²) >= 11 is 1.59. The lowest BCUT2D eigenvalue weighted by Crippen LogP contribution is -2.59. The number of nitrogens with zero attached hydrogens (tertiary/aromatic N) is 4. The average Bonchev–Trinajstić information content (AvgIpc) is 3.66. The van der Waals surface area contributed by atoms with Crippen molar-refractivity contribution >= 4 is 29.1 Å². The summed E-state index contributed by atoms with van der Waals surface area (Å²) in [5.41, 5.74) is 4.24. The van der Waals surface area contributed by atoms with E-state index in [-0.39, 0.29) is 43.3 Å². The third-order valence-corrected chi connectivity index (χ3v) is 10.8. The van der Waals surface area contributed by atoms with Crippen LogP contribution in [0.5, 0.6) is 0 Å². The number of benzene rings is 1. The summed E-state index contributed by atoms with van der Waals surface area (Å²) in [4.78, 5) is 52.5. The van der Waals surface area contributed by atoms with Gasteiger partial charge in [0.1, 0.15) is 12.1 Å². The Balaban J connectivity index is 1.16. The number of aliphatic hydroxyl groups is 1. The Labute approximate surface area is 283 Å². The minimum absolute atomic E-state index is 0.0513. The molecule has 0 saturated carbocycles. The lowest BCUT2D eigenvalue weighted by molar-refractivity contribution is -0.144. The molecule has 11 nitrogen and oxygen atoms in total. The van der Waals surface area contributed by atoms with Gasteiger partial charge in [-0.15, -0.1) is 11.3 Å². The van der Waals surface area contributed by atoms with Gasteiger partial charge in [0.15, 0.2) is 0 Å². The number of rotatable bonds is 10. The van der Waals surface area contributed by atoms with Crippen LogP contribution in [0.2, 0.25) is 0 Å². The van der Waals surface area contributed by atoms with Crippen LogP contribution in [0.25, 0.3) is 10.4 Å². The van der Waals surface area contributed by atoms with E-state index in [1.54, 1.807) is 11.3 Å². The first-order chi connectivity index (χ1) is 22.4. The maximum Gasteiger partial charge on any atom is 0.246 e. The molecular weight excluding hydrogens is 614 g/mol. The van der Waals surface area contributed by atoms with Crippen LogP contribution < -0.4 is 16.0 Å². The van der Waals surface area contributed by atoms with Crippen molar-refractivity contribution in [1.29, 1.82) is 0 Å². The molecule has 3 aliphatic rings. The van der Waals surface area contributed by atoms with Gasteiger partial charge < -0.3 is 30.9 Å². The number of thiazole rings is 1. The van der Waals surface area contributed by atoms with Gasteiger partial charge in [0.2, 0.25) is 17.7 Å². The van der Waals surface area contributed by atoms with Crippen LogP contribution in [0.15, 0.2) is 29.8 Å². The van der Waals surface area contributed by atoms with Crippen molar-refractivity contribution in [2.45, 2.75) is 78.1 Å². The predicted octanol–water partition coefficient (Wildman–Crippen LogP) is 2.41. The number of amides is 3. The zero-order valence-corrected chi connectivity index (χ0v) is 29.4. The fourth-order valence-electron chi connectivity index (χ4n) is 6.98. The fourth-order valence-corrected chi connectivity index (χ4v) is 7.80. The summed E-state index contributed by atoms with van der Waals surface area (Å²) in [5.74, 6) is -0.109. The Morgan fingerprint density at radius 3 is 2.32 bits per heavy atom. The number of aryl methyl sites for hydroxylation is 1. The molecule has 4 heterocycles. The molecule has 1 aromatic carbocycles. The molecule has 3 saturated heterocycles. The highest BCUT2D eigenvalue weighted by Gasteiger charge is 2.44. The Kier molecular flexibility index (Phi) is 11.7. The number of hydrogen-bond donors (Lipinski definition) is 4. The van der Waals surface area contributed by atoms with Crippen LogP contribution in [-0.4, -0.2) is 120 Å². The Bertz CT molecular complexity index is 1360. The number of likely N-dealkylation sites (tertiary alicyclic amines) is 1. The third kappa shape index (κ3) is 9.17. The molecule has 3 fully saturated rings. The first-order valence-electron chi connectivity index (χ1n) is 17.1. The lowest BCUT2D eigenvalue weighted by atomic mass is 9.85. The first-order valence-corrected chi connectivity index (χ1v) is 18.0. The van der Waals surface area contributed by atoms with E-state index in [2.05, 4.69) is 30.7 Å². The molecule has 3 aliphatic heterocycles. The number of aromatic nitrogens is 1. The fraction of sp³-hybridized carbons (Fsp3) is 0.657. The molecule has 0 aliphatic carbocycles. The highest BCUT2D eigenvalue weighted by Crippen LogP contribution is 2.29. The zero-order valence-electron chi connectivity index (χ0n) is 28.6. The molecule has 2 aromatic rings. The van der Waals surface area contributed by atoms with Crippen LogP contribution in [0.4, 0.5) is 0 Å². The highest BCUT2D eigenvalue weighted by atomic mass is 32.1. The monoisotopic (exact) mass is 667 g/mol. The molecule has 2 unspecified atom stereocenters. The number of aliphatic hydroxyl groups excluding tert-OH is 1. The van der Waals surface area contributed by atoms with Gasteiger partial charge in [0.05, 0.1) is 34.8 Å². The third-order valence-electron chi connectivity index (χ3n) is 9.87. The van der Waals surface area contributed by atoms with Crippen molar-refractivity contribution in [3.63, 3.8) is 0 Å². The number of nitrogens with one attached hydrogen (secondary N) is 3. The first kappa shape index (κ1) is 35.4. The van der Waals surface area contributed by atoms with E-state index in [4.69, 9.17) is 0 Å². The summed E-state index contributed by atoms with van der Waals surface area (Å²) < 4.78 is 0. The molecule has 258 valence electrons. The van der Waals surface area contributed by atoms with E-state index < -0.39 is 23.6 Å². The van der Waals surface area contributed by atoms with Gasteiger partial charge in [0, 0.05) is 45.7 Å². The molecule has 47 heavy (non-hydrogen) atoms. The molecule has 12 heteroatoms. The van der Waals surface area contributed by atoms with Gasteiger partial charge in [-0.05, 0) is 62.2 Å². The van der Waals surface area contributed by atoms with Gasteiger partial charge in [0.25, 0.3) is 0 Å². The maximum absolute atomic E-state index is 14.0. The van der Waals surface area contributed by atoms with Crippen molar-refractivity contribution in [3.05, 3.63) is 41.0 Å². The van der Waals surface area contributed by atoms with Gasteiger partial charge in [-0.3, -0.25) is 19.3 Å². The highest BCUT2D eigenvalue weighted by molar-refractivity contribution is 7.13. The summed E-state index contributed by atoms with van der Waals surface area (Å²) in [7, 11) is 0. The SMILES string of the molecule is Cc1ncsc1-c1ccc(C(C)NC(=O)[C@@H]2C[C@@H](O)CN2C(=O)C(NC(=O)CN2CCN(CC3CCNCC3)CC2)C(C)(C)C)cc1. The smallest absolute Gasteiger partial charge is 0.246 e. The van der Waals surface area contributed by atoms with Crippen LogP contribution in [-0.2, 0) is 14.4 Å². The molecule has 1 aromatic heterocycles. The van der Waals surface area contributed by atoms with Crippen molar-refractivity contribution in [2.75, 3.05) is 58.9 Å². The Morgan fingerprint density at radius 2 is 1.70 bits per heavy atom. The van der Waals surface area contributed by atoms with Gasteiger partial charge in [-0.25, -0.2) is 4.98 Å². The molecule has 0 spiro atoms. The topological polar surface area (TPSA) is 130 Å². The second-order valence-corrected chi connectivity index (χ2v) is 15.5. The minimum Gasteiger partial charge on any atom is -0.391 e. The van der Waals surface area contributed by atoms with E-state index in [1.165, 1.54) is 17.7 Å². The van der Waals surface area contributed by atoms with E-state index >= 15 is 0 Å². The average molecular weight is 668 g/mol. The van der Waals surface area contributed by atoms with E-state index in [9.17, 15) is 19.5 Å². The predicted molar refractivity (Wildman–Crippen MR) is 185 cm³/mol. The summed E-state index contributed by atoms with van der Waals surface area (Å²) in [6.45, 7) is 16.8. The number of piperidine rings is 1. The van der Waals surface area contributed by atoms with E-state index in [1.807, 2.05) is 64.4 Å². The number of carbonyl (C=O) groups excluding carboxylic acids is 3. The summed E-state index contributed by atoms with van der Waals surface area (Å²) in [6, 6.07) is 6.08. The minimum atomic E-state index is -0.836. The van der Waals surface area contributed by atoms with Crippen LogP contribution in [0.1, 0.15) is 64.3 Å². The van der Waals surface area contributed by atoms with Crippen LogP contribution in [0.3, 0.4) is 0 Å². The molecule has 0 radical (unpaired) electrons. The van der Waals surface area contributed by atoms with Crippen molar-refractivity contribution in [1.82, 2.24) is 35.6 Å². The standard InChI is InChI=1S/C35H53N7O4S/c1-23(26-6-8-27(9-7-26)31-24(2)37-22-47-31)38-33(45)29-18-28(43)20-42(29)34(46)32(35(3,4)5)39-30(44)21-41-16-14-40(15-17-41)19-25-10-12-36-13-11-25/h6-9,22-23,25,28-29,32,36,43H,10-21H2,1-5H3,(H,38,45)(H,39,44)/t23?,28-,29+,32?/m1/s1. The largest absolute Gasteiger partial charge is 0.391 e. The summed E-state index contributed by atoms with van der Waals surface area (Å²) in [6.07, 6.45) is 1.79. The molecule has 3 amide bonds. The van der Waals surface area contributed by atoms with Gasteiger partial charge in [-0.2, -0.15) is 0 Å². The van der Waals surface area contributed by atoms with E-state index in [0.717, 1.165) is 73.4 Å². The normalized spacial score (nSPS) is 23.0. The molecule has 5 rings (SSSR count). The summed E-state index contributed by atoms with van der Waals surface area (Å²) in [5, 5.41) is 20.1. The second kappa shape index (κ2) is 15.5. The quantitative estimate of drug-likeness (QED) is 0.304. The Hall–Kier alpha value is -2.90. The van der Waals surface area contributed by atoms with Crippen molar-refractivity contribution in [3.8, 4) is 10.4 Å². The van der Waals surface area contributed by atoms with Gasteiger partial charge in [-0.1, -0.05) is 45.0 Å². The number of hydrogen-bond acceptors (Lipinski definition) is 9. The second-order valence-electron chi connectivity index (χ2n) is 14.7. The van der Waals surface area contributed by atoms with Crippen LogP contribution in [0, 0.1) is 18.3 Å². The Morgan fingerprint density at radius 1 is 1.04 bits per heavy atom. The van der Waals surface area contributed by atoms with Crippen molar-refractivity contribution < 1.29 is 19.5 Å². The molecule has 0 bridgehead atoms. The van der Waals surface area contributed by atoms with E-state index in [0.29, 0.717) is 0 Å². The molecule has 4 N–H and O–H groups in total. The number of carbonyl (C=O) groups is 3. The van der Waals surface area contributed by atoms with Crippen molar-refractivity contribution in [2.24, 2.45) is 11.3 Å². The molecule has 4 atom stereocenters. The maximum atomic E-state index is 14.0.